The third kappa shape index (κ3) is 4.08. The van der Waals surface area contributed by atoms with Crippen molar-refractivity contribution in [2.75, 3.05) is 6.61 Å². The van der Waals surface area contributed by atoms with Crippen LogP contribution in [0.1, 0.15) is 42.5 Å². The lowest BCUT2D eigenvalue weighted by molar-refractivity contribution is 0.211. The Morgan fingerprint density at radius 3 is 1.50 bits per heavy atom. The molecule has 0 heterocycles. The van der Waals surface area contributed by atoms with E-state index in [4.69, 9.17) is 4.74 Å². The molecule has 0 radical (unpaired) electrons. The number of rotatable bonds is 8. The van der Waals surface area contributed by atoms with Crippen molar-refractivity contribution < 1.29 is 4.74 Å². The maximum atomic E-state index is 6.32. The SMILES string of the molecule is Cc1ccccc1OCCC(C)(c1ccccc1)C(C)(c1ccccc1)c1ccccc1. The quantitative estimate of drug-likeness (QED) is 0.283. The van der Waals surface area contributed by atoms with Gasteiger partial charge in [-0.15, -0.1) is 0 Å². The van der Waals surface area contributed by atoms with E-state index >= 15 is 0 Å². The summed E-state index contributed by atoms with van der Waals surface area (Å²) in [6.07, 6.45) is 0.881. The van der Waals surface area contributed by atoms with Gasteiger partial charge >= 0.3 is 0 Å². The first-order chi connectivity index (χ1) is 15.6. The lowest BCUT2D eigenvalue weighted by Gasteiger charge is -2.48. The first kappa shape index (κ1) is 21.9. The van der Waals surface area contributed by atoms with Gasteiger partial charge in [-0.3, -0.25) is 0 Å². The highest BCUT2D eigenvalue weighted by atomic mass is 16.5. The second-order valence-electron chi connectivity index (χ2n) is 8.92. The highest BCUT2D eigenvalue weighted by molar-refractivity contribution is 5.47. The molecule has 4 rings (SSSR count). The molecule has 0 fully saturated rings. The second kappa shape index (κ2) is 9.44. The first-order valence-corrected chi connectivity index (χ1v) is 11.4. The summed E-state index contributed by atoms with van der Waals surface area (Å²) in [5.74, 6) is 0.962. The molecule has 32 heavy (non-hydrogen) atoms. The predicted octanol–water partition coefficient (Wildman–Crippen LogP) is 7.73. The molecule has 1 nitrogen and oxygen atoms in total. The van der Waals surface area contributed by atoms with Crippen LogP contribution in [-0.2, 0) is 10.8 Å². The number of aryl methyl sites for hydroxylation is 1. The largest absolute Gasteiger partial charge is 0.493 e. The van der Waals surface area contributed by atoms with Gasteiger partial charge in [-0.05, 0) is 41.7 Å². The van der Waals surface area contributed by atoms with Crippen LogP contribution >= 0.6 is 0 Å². The van der Waals surface area contributed by atoms with Gasteiger partial charge in [0.1, 0.15) is 5.75 Å². The number of hydrogen-bond donors (Lipinski definition) is 0. The maximum absolute atomic E-state index is 6.32. The first-order valence-electron chi connectivity index (χ1n) is 11.4. The molecule has 0 N–H and O–H groups in total. The lowest BCUT2D eigenvalue weighted by atomic mass is 9.55. The van der Waals surface area contributed by atoms with Crippen LogP contribution in [0.5, 0.6) is 5.75 Å². The van der Waals surface area contributed by atoms with Crippen LogP contribution in [0, 0.1) is 6.92 Å². The molecule has 4 aromatic carbocycles. The van der Waals surface area contributed by atoms with E-state index in [1.807, 2.05) is 6.07 Å². The summed E-state index contributed by atoms with van der Waals surface area (Å²) in [4.78, 5) is 0. The predicted molar refractivity (Wildman–Crippen MR) is 134 cm³/mol. The molecule has 0 spiro atoms. The molecule has 0 saturated carbocycles. The van der Waals surface area contributed by atoms with Crippen molar-refractivity contribution in [3.8, 4) is 5.75 Å². The van der Waals surface area contributed by atoms with Gasteiger partial charge in [0.2, 0.25) is 0 Å². The molecule has 0 bridgehead atoms. The molecule has 0 aliphatic heterocycles. The van der Waals surface area contributed by atoms with E-state index in [0.29, 0.717) is 6.61 Å². The fourth-order valence-corrected chi connectivity index (χ4v) is 4.92. The van der Waals surface area contributed by atoms with Crippen molar-refractivity contribution >= 4 is 0 Å². The molecule has 1 atom stereocenters. The van der Waals surface area contributed by atoms with Gasteiger partial charge in [-0.25, -0.2) is 0 Å². The van der Waals surface area contributed by atoms with Crippen molar-refractivity contribution in [1.82, 2.24) is 0 Å². The highest BCUT2D eigenvalue weighted by Gasteiger charge is 2.47. The second-order valence-corrected chi connectivity index (χ2v) is 8.92. The Morgan fingerprint density at radius 1 is 0.562 bits per heavy atom. The molecule has 0 aromatic heterocycles. The number of hydrogen-bond acceptors (Lipinski definition) is 1. The molecule has 0 aliphatic rings. The van der Waals surface area contributed by atoms with Gasteiger partial charge < -0.3 is 4.74 Å². The van der Waals surface area contributed by atoms with Crippen LogP contribution < -0.4 is 4.74 Å². The van der Waals surface area contributed by atoms with Crippen LogP contribution in [0.2, 0.25) is 0 Å². The van der Waals surface area contributed by atoms with Crippen LogP contribution in [0.15, 0.2) is 115 Å². The van der Waals surface area contributed by atoms with Crippen LogP contribution in [0.3, 0.4) is 0 Å². The smallest absolute Gasteiger partial charge is 0.122 e. The maximum Gasteiger partial charge on any atom is 0.122 e. The van der Waals surface area contributed by atoms with E-state index in [1.54, 1.807) is 0 Å². The van der Waals surface area contributed by atoms with Crippen molar-refractivity contribution in [3.05, 3.63) is 138 Å². The Labute approximate surface area is 192 Å². The van der Waals surface area contributed by atoms with Gasteiger partial charge in [0, 0.05) is 10.8 Å². The Kier molecular flexibility index (Phi) is 6.46. The Balaban J connectivity index is 1.81. The fourth-order valence-electron chi connectivity index (χ4n) is 4.92. The number of para-hydroxylation sites is 1. The number of benzene rings is 4. The minimum Gasteiger partial charge on any atom is -0.493 e. The molecule has 162 valence electrons. The van der Waals surface area contributed by atoms with E-state index in [2.05, 4.69) is 130 Å². The third-order valence-electron chi connectivity index (χ3n) is 7.17. The van der Waals surface area contributed by atoms with Crippen LogP contribution in [0.25, 0.3) is 0 Å². The Bertz CT molecular complexity index is 1080. The third-order valence-corrected chi connectivity index (χ3v) is 7.17. The monoisotopic (exact) mass is 420 g/mol. The molecular weight excluding hydrogens is 388 g/mol. The summed E-state index contributed by atoms with van der Waals surface area (Å²) >= 11 is 0. The normalized spacial score (nSPS) is 13.3. The minimum absolute atomic E-state index is 0.195. The molecule has 1 heteroatoms. The highest BCUT2D eigenvalue weighted by Crippen LogP contribution is 2.50. The molecule has 0 saturated heterocycles. The van der Waals surface area contributed by atoms with E-state index in [-0.39, 0.29) is 10.8 Å². The van der Waals surface area contributed by atoms with E-state index in [1.165, 1.54) is 22.3 Å². The standard InChI is InChI=1S/C31H32O/c1-25-15-13-14-22-29(25)32-24-23-30(2,26-16-7-4-8-17-26)31(3,27-18-9-5-10-19-27)28-20-11-6-12-21-28/h4-22H,23-24H2,1-3H3. The molecule has 4 aromatic rings. The van der Waals surface area contributed by atoms with Gasteiger partial charge in [0.15, 0.2) is 0 Å². The molecule has 0 amide bonds. The van der Waals surface area contributed by atoms with E-state index < -0.39 is 0 Å². The van der Waals surface area contributed by atoms with Gasteiger partial charge in [0.05, 0.1) is 6.61 Å². The average molecular weight is 421 g/mol. The topological polar surface area (TPSA) is 9.23 Å². The molecule has 1 unspecified atom stereocenters. The zero-order valence-electron chi connectivity index (χ0n) is 19.3. The van der Waals surface area contributed by atoms with Crippen molar-refractivity contribution in [2.45, 2.75) is 38.0 Å². The zero-order chi connectivity index (χ0) is 22.4. The Morgan fingerprint density at radius 2 is 1.00 bits per heavy atom. The summed E-state index contributed by atoms with van der Waals surface area (Å²) in [6.45, 7) is 7.53. The Hall–Kier alpha value is -3.32. The number of ether oxygens (including phenoxy) is 1. The van der Waals surface area contributed by atoms with E-state index in [0.717, 1.165) is 12.2 Å². The van der Waals surface area contributed by atoms with Gasteiger partial charge in [0.25, 0.3) is 0 Å². The fraction of sp³-hybridized carbons (Fsp3) is 0.226. The van der Waals surface area contributed by atoms with Crippen LogP contribution in [-0.4, -0.2) is 6.61 Å². The molecule has 0 aliphatic carbocycles. The summed E-state index contributed by atoms with van der Waals surface area (Å²) in [5.41, 5.74) is 4.68. The summed E-state index contributed by atoms with van der Waals surface area (Å²) < 4.78 is 6.32. The van der Waals surface area contributed by atoms with E-state index in [9.17, 15) is 0 Å². The van der Waals surface area contributed by atoms with Crippen molar-refractivity contribution in [2.24, 2.45) is 0 Å². The summed E-state index contributed by atoms with van der Waals surface area (Å²) in [7, 11) is 0. The van der Waals surface area contributed by atoms with Crippen LogP contribution in [0.4, 0.5) is 0 Å². The molecular formula is C31H32O. The average Bonchev–Trinajstić information content (AvgIpc) is 2.86. The minimum atomic E-state index is -0.244. The zero-order valence-corrected chi connectivity index (χ0v) is 19.3. The van der Waals surface area contributed by atoms with Gasteiger partial charge in [-0.1, -0.05) is 123 Å². The van der Waals surface area contributed by atoms with Crippen molar-refractivity contribution in [3.63, 3.8) is 0 Å². The van der Waals surface area contributed by atoms with Gasteiger partial charge in [-0.2, -0.15) is 0 Å². The summed E-state index contributed by atoms with van der Waals surface area (Å²) in [5, 5.41) is 0. The van der Waals surface area contributed by atoms with Crippen molar-refractivity contribution in [1.29, 1.82) is 0 Å². The lowest BCUT2D eigenvalue weighted by Crippen LogP contribution is -2.47. The summed E-state index contributed by atoms with van der Waals surface area (Å²) in [6, 6.07) is 41.0.